The Morgan fingerprint density at radius 1 is 1.17 bits per heavy atom. The van der Waals surface area contributed by atoms with E-state index < -0.39 is 0 Å². The summed E-state index contributed by atoms with van der Waals surface area (Å²) in [6, 6.07) is 11.1. The van der Waals surface area contributed by atoms with Crippen LogP contribution < -0.4 is 4.74 Å². The molecule has 0 amide bonds. The highest BCUT2D eigenvalue weighted by atomic mass is 32.1. The van der Waals surface area contributed by atoms with Crippen LogP contribution in [0.4, 0.5) is 0 Å². The van der Waals surface area contributed by atoms with E-state index >= 15 is 0 Å². The highest BCUT2D eigenvalue weighted by molar-refractivity contribution is 7.09. The molecule has 0 radical (unpaired) electrons. The molecule has 0 saturated carbocycles. The first-order valence-electron chi connectivity index (χ1n) is 8.28. The third kappa shape index (κ3) is 4.56. The first kappa shape index (κ1) is 16.5. The maximum atomic E-state index is 5.81. The molecule has 1 aliphatic heterocycles. The Bertz CT molecular complexity index is 624. The smallest absolute Gasteiger partial charge is 0.123 e. The van der Waals surface area contributed by atoms with Crippen molar-refractivity contribution in [3.63, 3.8) is 0 Å². The van der Waals surface area contributed by atoms with Crippen LogP contribution in [0.15, 0.2) is 35.7 Å². The van der Waals surface area contributed by atoms with Gasteiger partial charge in [0.1, 0.15) is 11.9 Å². The summed E-state index contributed by atoms with van der Waals surface area (Å²) in [6.07, 6.45) is 1.35. The summed E-state index contributed by atoms with van der Waals surface area (Å²) in [5.41, 5.74) is 2.75. The van der Waals surface area contributed by atoms with Crippen molar-refractivity contribution in [2.75, 3.05) is 27.2 Å². The van der Waals surface area contributed by atoms with Gasteiger partial charge in [0.25, 0.3) is 0 Å². The number of thiophene rings is 1. The SMILES string of the molecule is C[C@H]1Cc2cc(CN(CCN(C)C)Cc3cccs3)ccc2O1. The number of ether oxygens (including phenoxy) is 1. The molecule has 0 N–H and O–H groups in total. The van der Waals surface area contributed by atoms with Crippen LogP contribution in [0.2, 0.25) is 0 Å². The zero-order valence-corrected chi connectivity index (χ0v) is 15.1. The molecule has 0 spiro atoms. The van der Waals surface area contributed by atoms with E-state index in [1.54, 1.807) is 0 Å². The lowest BCUT2D eigenvalue weighted by molar-refractivity contribution is 0.228. The molecule has 0 saturated heterocycles. The molecular weight excluding hydrogens is 304 g/mol. The number of fused-ring (bicyclic) bond motifs is 1. The number of rotatable bonds is 7. The van der Waals surface area contributed by atoms with E-state index in [9.17, 15) is 0 Å². The number of hydrogen-bond donors (Lipinski definition) is 0. The van der Waals surface area contributed by atoms with E-state index in [0.717, 1.165) is 38.3 Å². The largest absolute Gasteiger partial charge is 0.490 e. The number of benzene rings is 1. The van der Waals surface area contributed by atoms with Crippen molar-refractivity contribution in [2.24, 2.45) is 0 Å². The van der Waals surface area contributed by atoms with Crippen LogP contribution in [0, 0.1) is 0 Å². The lowest BCUT2D eigenvalue weighted by Gasteiger charge is -2.24. The predicted molar refractivity (Wildman–Crippen MR) is 97.2 cm³/mol. The average Bonchev–Trinajstić information content (AvgIpc) is 3.12. The lowest BCUT2D eigenvalue weighted by Crippen LogP contribution is -2.30. The Kier molecular flexibility index (Phi) is 5.36. The van der Waals surface area contributed by atoms with Crippen LogP contribution >= 0.6 is 11.3 Å². The molecule has 1 aliphatic rings. The van der Waals surface area contributed by atoms with Crippen molar-refractivity contribution in [1.82, 2.24) is 9.80 Å². The summed E-state index contributed by atoms with van der Waals surface area (Å²) < 4.78 is 5.81. The van der Waals surface area contributed by atoms with Crippen molar-refractivity contribution in [2.45, 2.75) is 32.5 Å². The van der Waals surface area contributed by atoms with Crippen LogP contribution in [-0.2, 0) is 19.5 Å². The van der Waals surface area contributed by atoms with E-state index in [1.165, 1.54) is 16.0 Å². The Morgan fingerprint density at radius 3 is 2.78 bits per heavy atom. The van der Waals surface area contributed by atoms with Gasteiger partial charge in [-0.2, -0.15) is 0 Å². The summed E-state index contributed by atoms with van der Waals surface area (Å²) in [4.78, 5) is 6.22. The van der Waals surface area contributed by atoms with Crippen LogP contribution in [0.1, 0.15) is 22.9 Å². The minimum atomic E-state index is 0.316. The zero-order valence-electron chi connectivity index (χ0n) is 14.3. The molecular formula is C19H26N2OS. The van der Waals surface area contributed by atoms with Gasteiger partial charge in [-0.15, -0.1) is 11.3 Å². The molecule has 2 heterocycles. The molecule has 3 nitrogen and oxygen atoms in total. The van der Waals surface area contributed by atoms with Crippen molar-refractivity contribution >= 4 is 11.3 Å². The Hall–Kier alpha value is -1.36. The van der Waals surface area contributed by atoms with E-state index in [-0.39, 0.29) is 0 Å². The molecule has 0 bridgehead atoms. The maximum Gasteiger partial charge on any atom is 0.123 e. The molecule has 2 aromatic rings. The predicted octanol–water partition coefficient (Wildman–Crippen LogP) is 3.64. The molecule has 124 valence electrons. The van der Waals surface area contributed by atoms with Gasteiger partial charge in [0.05, 0.1) is 0 Å². The molecule has 1 aromatic carbocycles. The Labute approximate surface area is 143 Å². The molecule has 0 fully saturated rings. The molecule has 1 aromatic heterocycles. The standard InChI is InChI=1S/C19H26N2OS/c1-15-11-17-12-16(6-7-19(17)22-15)13-21(9-8-20(2)3)14-18-5-4-10-23-18/h4-7,10,12,15H,8-9,11,13-14H2,1-3H3/t15-/m0/s1. The van der Waals surface area contributed by atoms with Crippen LogP contribution in [0.25, 0.3) is 0 Å². The second kappa shape index (κ2) is 7.47. The normalized spacial score (nSPS) is 16.8. The van der Waals surface area contributed by atoms with Gasteiger partial charge < -0.3 is 9.64 Å². The fourth-order valence-electron chi connectivity index (χ4n) is 3.01. The maximum absolute atomic E-state index is 5.81. The summed E-state index contributed by atoms with van der Waals surface area (Å²) in [7, 11) is 4.27. The van der Waals surface area contributed by atoms with Gasteiger partial charge in [-0.25, -0.2) is 0 Å². The van der Waals surface area contributed by atoms with E-state index in [2.05, 4.69) is 66.5 Å². The fourth-order valence-corrected chi connectivity index (χ4v) is 3.76. The molecule has 0 unspecified atom stereocenters. The van der Waals surface area contributed by atoms with Crippen molar-refractivity contribution < 1.29 is 4.74 Å². The first-order chi connectivity index (χ1) is 11.1. The van der Waals surface area contributed by atoms with Crippen molar-refractivity contribution in [3.8, 4) is 5.75 Å². The van der Waals surface area contributed by atoms with E-state index in [4.69, 9.17) is 4.74 Å². The minimum absolute atomic E-state index is 0.316. The second-order valence-corrected chi connectivity index (χ2v) is 7.70. The third-order valence-corrected chi connectivity index (χ3v) is 5.05. The topological polar surface area (TPSA) is 15.7 Å². The zero-order chi connectivity index (χ0) is 16.2. The van der Waals surface area contributed by atoms with Crippen LogP contribution in [0.3, 0.4) is 0 Å². The lowest BCUT2D eigenvalue weighted by atomic mass is 10.1. The summed E-state index contributed by atoms with van der Waals surface area (Å²) in [5.74, 6) is 1.07. The van der Waals surface area contributed by atoms with Gasteiger partial charge in [0, 0.05) is 37.5 Å². The minimum Gasteiger partial charge on any atom is -0.490 e. The van der Waals surface area contributed by atoms with Gasteiger partial charge in [-0.3, -0.25) is 4.90 Å². The second-order valence-electron chi connectivity index (χ2n) is 6.67. The fraction of sp³-hybridized carbons (Fsp3) is 0.474. The Morgan fingerprint density at radius 2 is 2.04 bits per heavy atom. The van der Waals surface area contributed by atoms with E-state index in [1.807, 2.05) is 11.3 Å². The molecule has 4 heteroatoms. The number of likely N-dealkylation sites (N-methyl/N-ethyl adjacent to an activating group) is 1. The summed E-state index contributed by atoms with van der Waals surface area (Å²) in [6.45, 7) is 6.31. The van der Waals surface area contributed by atoms with Gasteiger partial charge in [-0.05, 0) is 49.7 Å². The van der Waals surface area contributed by atoms with Gasteiger partial charge in [0.15, 0.2) is 0 Å². The number of hydrogen-bond acceptors (Lipinski definition) is 4. The first-order valence-corrected chi connectivity index (χ1v) is 9.16. The van der Waals surface area contributed by atoms with Gasteiger partial charge in [-0.1, -0.05) is 18.2 Å². The molecule has 23 heavy (non-hydrogen) atoms. The average molecular weight is 330 g/mol. The highest BCUT2D eigenvalue weighted by Crippen LogP contribution is 2.29. The highest BCUT2D eigenvalue weighted by Gasteiger charge is 2.19. The van der Waals surface area contributed by atoms with Crippen LogP contribution in [-0.4, -0.2) is 43.1 Å². The molecule has 0 aliphatic carbocycles. The van der Waals surface area contributed by atoms with Gasteiger partial charge >= 0.3 is 0 Å². The monoisotopic (exact) mass is 330 g/mol. The number of nitrogens with zero attached hydrogens (tertiary/aromatic N) is 2. The molecule has 3 rings (SSSR count). The Balaban J connectivity index is 1.68. The molecule has 1 atom stereocenters. The van der Waals surface area contributed by atoms with Crippen molar-refractivity contribution in [1.29, 1.82) is 0 Å². The van der Waals surface area contributed by atoms with E-state index in [0.29, 0.717) is 6.10 Å². The quantitative estimate of drug-likeness (QED) is 0.771. The summed E-state index contributed by atoms with van der Waals surface area (Å²) >= 11 is 1.84. The van der Waals surface area contributed by atoms with Crippen molar-refractivity contribution in [3.05, 3.63) is 51.7 Å². The third-order valence-electron chi connectivity index (χ3n) is 4.19. The van der Waals surface area contributed by atoms with Crippen LogP contribution in [0.5, 0.6) is 5.75 Å². The van der Waals surface area contributed by atoms with Gasteiger partial charge in [0.2, 0.25) is 0 Å². The summed E-state index contributed by atoms with van der Waals surface area (Å²) in [5, 5.41) is 2.16.